The summed E-state index contributed by atoms with van der Waals surface area (Å²) in [5, 5.41) is 7.89. The van der Waals surface area contributed by atoms with Crippen LogP contribution in [0.1, 0.15) is 23.2 Å². The molecule has 2 N–H and O–H groups in total. The van der Waals surface area contributed by atoms with Crippen LogP contribution in [0.25, 0.3) is 10.9 Å². The molecule has 0 atom stereocenters. The molecule has 138 valence electrons. The second kappa shape index (κ2) is 7.90. The quantitative estimate of drug-likeness (QED) is 0.676. The van der Waals surface area contributed by atoms with Crippen LogP contribution in [-0.4, -0.2) is 35.0 Å². The van der Waals surface area contributed by atoms with Gasteiger partial charge in [0.25, 0.3) is 5.91 Å². The Hall–Kier alpha value is -2.70. The van der Waals surface area contributed by atoms with E-state index in [9.17, 15) is 4.79 Å². The molecule has 4 rings (SSSR count). The summed E-state index contributed by atoms with van der Waals surface area (Å²) in [6.07, 6.45) is 7.03. The summed E-state index contributed by atoms with van der Waals surface area (Å²) in [6, 6.07) is 11.4. The van der Waals surface area contributed by atoms with Crippen molar-refractivity contribution in [2.24, 2.45) is 0 Å². The first-order valence-electron chi connectivity index (χ1n) is 8.99. The molecule has 7 heteroatoms. The maximum Gasteiger partial charge on any atom is 0.275 e. The smallest absolute Gasteiger partial charge is 0.275 e. The molecule has 1 saturated heterocycles. The van der Waals surface area contributed by atoms with Gasteiger partial charge in [-0.15, -0.1) is 0 Å². The summed E-state index contributed by atoms with van der Waals surface area (Å²) in [5.74, 6) is -0.319. The van der Waals surface area contributed by atoms with Crippen LogP contribution in [-0.2, 0) is 0 Å². The Morgan fingerprint density at radius 2 is 1.89 bits per heavy atom. The van der Waals surface area contributed by atoms with Gasteiger partial charge in [-0.2, -0.15) is 0 Å². The number of amides is 1. The summed E-state index contributed by atoms with van der Waals surface area (Å²) >= 11 is 6.29. The molecule has 3 heterocycles. The summed E-state index contributed by atoms with van der Waals surface area (Å²) in [6.45, 7) is 2.02. The molecule has 1 aliphatic heterocycles. The molecule has 3 aromatic rings. The van der Waals surface area contributed by atoms with E-state index >= 15 is 0 Å². The summed E-state index contributed by atoms with van der Waals surface area (Å²) in [7, 11) is 0. The SMILES string of the molecule is O=C(c1ccc(NC2CCNCC2)c2cccnc12)N(Cl)c1ccncc1. The van der Waals surface area contributed by atoms with E-state index in [4.69, 9.17) is 11.8 Å². The highest BCUT2D eigenvalue weighted by molar-refractivity contribution is 6.40. The number of pyridine rings is 2. The van der Waals surface area contributed by atoms with E-state index in [1.54, 1.807) is 36.8 Å². The van der Waals surface area contributed by atoms with E-state index in [1.165, 1.54) is 0 Å². The van der Waals surface area contributed by atoms with Crippen molar-refractivity contribution in [2.45, 2.75) is 18.9 Å². The van der Waals surface area contributed by atoms with Crippen LogP contribution in [0.3, 0.4) is 0 Å². The first-order chi connectivity index (χ1) is 13.2. The zero-order valence-corrected chi connectivity index (χ0v) is 15.5. The first-order valence-corrected chi connectivity index (χ1v) is 9.33. The minimum absolute atomic E-state index is 0.319. The van der Waals surface area contributed by atoms with Gasteiger partial charge in [0.1, 0.15) is 0 Å². The van der Waals surface area contributed by atoms with Gasteiger partial charge in [0.2, 0.25) is 0 Å². The third-order valence-electron chi connectivity index (χ3n) is 4.77. The van der Waals surface area contributed by atoms with Gasteiger partial charge in [-0.1, -0.05) is 0 Å². The molecule has 0 spiro atoms. The van der Waals surface area contributed by atoms with Gasteiger partial charge >= 0.3 is 0 Å². The minimum Gasteiger partial charge on any atom is -0.382 e. The maximum absolute atomic E-state index is 13.0. The number of halogens is 1. The highest BCUT2D eigenvalue weighted by Crippen LogP contribution is 2.29. The van der Waals surface area contributed by atoms with Crippen molar-refractivity contribution in [1.82, 2.24) is 15.3 Å². The number of hydrogen-bond donors (Lipinski definition) is 2. The number of nitrogens with zero attached hydrogens (tertiary/aromatic N) is 3. The Bertz CT molecular complexity index is 944. The van der Waals surface area contributed by atoms with Gasteiger partial charge < -0.3 is 10.6 Å². The van der Waals surface area contributed by atoms with Gasteiger partial charge in [-0.3, -0.25) is 14.8 Å². The van der Waals surface area contributed by atoms with E-state index in [0.29, 0.717) is 22.8 Å². The molecule has 0 radical (unpaired) electrons. The second-order valence-electron chi connectivity index (χ2n) is 6.52. The molecule has 0 bridgehead atoms. The number of anilines is 2. The number of carbonyl (C=O) groups excluding carboxylic acids is 1. The highest BCUT2D eigenvalue weighted by Gasteiger charge is 2.21. The van der Waals surface area contributed by atoms with Crippen molar-refractivity contribution in [2.75, 3.05) is 22.8 Å². The molecule has 27 heavy (non-hydrogen) atoms. The number of piperidine rings is 1. The number of nitrogens with one attached hydrogen (secondary N) is 2. The van der Waals surface area contributed by atoms with E-state index in [0.717, 1.165) is 41.4 Å². The first kappa shape index (κ1) is 17.7. The normalized spacial score (nSPS) is 14.9. The zero-order valence-electron chi connectivity index (χ0n) is 14.7. The Labute approximate surface area is 162 Å². The minimum atomic E-state index is -0.319. The molecule has 6 nitrogen and oxygen atoms in total. The average Bonchev–Trinajstić information content (AvgIpc) is 2.74. The standard InChI is InChI=1S/C20H20ClN5O/c21-26(15-7-12-23-13-8-15)20(27)17-3-4-18(16-2-1-9-24-19(16)17)25-14-5-10-22-11-6-14/h1-4,7-9,12-14,22,25H,5-6,10-11H2. The summed E-state index contributed by atoms with van der Waals surface area (Å²) < 4.78 is 1.10. The fourth-order valence-electron chi connectivity index (χ4n) is 3.36. The van der Waals surface area contributed by atoms with Crippen LogP contribution in [0, 0.1) is 0 Å². The maximum atomic E-state index is 13.0. The highest BCUT2D eigenvalue weighted by atomic mass is 35.5. The number of aromatic nitrogens is 2. The predicted octanol–water partition coefficient (Wildman–Crippen LogP) is 3.59. The van der Waals surface area contributed by atoms with E-state index in [1.807, 2.05) is 18.2 Å². The lowest BCUT2D eigenvalue weighted by Crippen LogP contribution is -2.35. The molecule has 0 saturated carbocycles. The number of hydrogen-bond acceptors (Lipinski definition) is 5. The van der Waals surface area contributed by atoms with E-state index in [2.05, 4.69) is 20.6 Å². The molecule has 0 unspecified atom stereocenters. The van der Waals surface area contributed by atoms with Crippen LogP contribution in [0.4, 0.5) is 11.4 Å². The zero-order chi connectivity index (χ0) is 18.6. The third-order valence-corrected chi connectivity index (χ3v) is 5.12. The molecule has 1 fully saturated rings. The molecular formula is C20H20ClN5O. The van der Waals surface area contributed by atoms with Crippen molar-refractivity contribution in [3.05, 3.63) is 60.6 Å². The fourth-order valence-corrected chi connectivity index (χ4v) is 3.56. The predicted molar refractivity (Wildman–Crippen MR) is 108 cm³/mol. The number of benzene rings is 1. The monoisotopic (exact) mass is 381 g/mol. The van der Waals surface area contributed by atoms with Gasteiger partial charge in [-0.05, 0) is 62.3 Å². The lowest BCUT2D eigenvalue weighted by Gasteiger charge is -2.25. The fraction of sp³-hybridized carbons (Fsp3) is 0.250. The molecule has 0 aliphatic carbocycles. The van der Waals surface area contributed by atoms with Crippen molar-refractivity contribution >= 4 is 40.0 Å². The van der Waals surface area contributed by atoms with Crippen molar-refractivity contribution in [1.29, 1.82) is 0 Å². The largest absolute Gasteiger partial charge is 0.382 e. The number of fused-ring (bicyclic) bond motifs is 1. The lowest BCUT2D eigenvalue weighted by atomic mass is 10.0. The Kier molecular flexibility index (Phi) is 5.18. The summed E-state index contributed by atoms with van der Waals surface area (Å²) in [5.41, 5.74) is 2.67. The summed E-state index contributed by atoms with van der Waals surface area (Å²) in [4.78, 5) is 21.4. The van der Waals surface area contributed by atoms with Gasteiger partial charge in [0, 0.05) is 47.5 Å². The van der Waals surface area contributed by atoms with E-state index in [-0.39, 0.29) is 5.91 Å². The van der Waals surface area contributed by atoms with Crippen LogP contribution in [0.15, 0.2) is 55.0 Å². The van der Waals surface area contributed by atoms with Gasteiger partial charge in [-0.25, -0.2) is 4.42 Å². The third kappa shape index (κ3) is 3.72. The van der Waals surface area contributed by atoms with E-state index < -0.39 is 0 Å². The van der Waals surface area contributed by atoms with Crippen molar-refractivity contribution in [3.8, 4) is 0 Å². The second-order valence-corrected chi connectivity index (χ2v) is 6.86. The Balaban J connectivity index is 1.68. The lowest BCUT2D eigenvalue weighted by molar-refractivity contribution is 0.101. The molecule has 1 aliphatic rings. The topological polar surface area (TPSA) is 70.2 Å². The molecule has 1 amide bonds. The van der Waals surface area contributed by atoms with Gasteiger partial charge in [0.15, 0.2) is 0 Å². The van der Waals surface area contributed by atoms with Crippen molar-refractivity contribution < 1.29 is 4.79 Å². The number of carbonyl (C=O) groups is 1. The van der Waals surface area contributed by atoms with Crippen LogP contribution >= 0.6 is 11.8 Å². The molecule has 2 aromatic heterocycles. The molecular weight excluding hydrogens is 362 g/mol. The van der Waals surface area contributed by atoms with Crippen LogP contribution in [0.2, 0.25) is 0 Å². The Morgan fingerprint density at radius 3 is 2.67 bits per heavy atom. The van der Waals surface area contributed by atoms with Crippen molar-refractivity contribution in [3.63, 3.8) is 0 Å². The molecule has 1 aromatic carbocycles. The van der Waals surface area contributed by atoms with Gasteiger partial charge in [0.05, 0.1) is 16.8 Å². The Morgan fingerprint density at radius 1 is 1.11 bits per heavy atom. The average molecular weight is 382 g/mol. The number of rotatable bonds is 4. The van der Waals surface area contributed by atoms with Crippen LogP contribution in [0.5, 0.6) is 0 Å². The van der Waals surface area contributed by atoms with Crippen LogP contribution < -0.4 is 15.1 Å².